The number of carbonyl (C=O) groups is 2. The third-order valence-electron chi connectivity index (χ3n) is 8.32. The molecular formula is C29H39NO5. The highest BCUT2D eigenvalue weighted by Gasteiger charge is 2.67. The van der Waals surface area contributed by atoms with E-state index in [-0.39, 0.29) is 30.2 Å². The lowest BCUT2D eigenvalue weighted by molar-refractivity contribution is -0.187. The first-order valence-corrected chi connectivity index (χ1v) is 13.0. The van der Waals surface area contributed by atoms with Crippen LogP contribution < -0.4 is 5.32 Å². The van der Waals surface area contributed by atoms with E-state index in [1.54, 1.807) is 0 Å². The monoisotopic (exact) mass is 481 g/mol. The van der Waals surface area contributed by atoms with Crippen LogP contribution in [0.15, 0.2) is 54.6 Å². The van der Waals surface area contributed by atoms with Gasteiger partial charge in [-0.1, -0.05) is 75.8 Å². The van der Waals surface area contributed by atoms with Crippen LogP contribution in [-0.4, -0.2) is 45.9 Å². The van der Waals surface area contributed by atoms with Crippen LogP contribution in [0.2, 0.25) is 0 Å². The fourth-order valence-corrected chi connectivity index (χ4v) is 6.30. The molecular weight excluding hydrogens is 442 g/mol. The second-order valence-electron chi connectivity index (χ2n) is 10.8. The number of hydrogen-bond donors (Lipinski definition) is 3. The maximum Gasteiger partial charge on any atom is 0.306 e. The van der Waals surface area contributed by atoms with Crippen LogP contribution >= 0.6 is 0 Å². The molecule has 2 fully saturated rings. The van der Waals surface area contributed by atoms with Crippen molar-refractivity contribution in [2.45, 2.75) is 82.6 Å². The van der Waals surface area contributed by atoms with E-state index in [4.69, 9.17) is 4.74 Å². The molecule has 1 aromatic carbocycles. The Morgan fingerprint density at radius 1 is 1.11 bits per heavy atom. The van der Waals surface area contributed by atoms with E-state index >= 15 is 0 Å². The molecule has 4 rings (SSSR count). The summed E-state index contributed by atoms with van der Waals surface area (Å²) in [7, 11) is 0. The maximum absolute atomic E-state index is 13.8. The first kappa shape index (κ1) is 25.6. The molecule has 2 heterocycles. The predicted octanol–water partition coefficient (Wildman–Crippen LogP) is 3.72. The molecule has 1 amide bonds. The van der Waals surface area contributed by atoms with Gasteiger partial charge in [-0.05, 0) is 48.7 Å². The molecule has 2 unspecified atom stereocenters. The maximum atomic E-state index is 13.8. The molecule has 0 radical (unpaired) electrons. The number of aliphatic hydroxyl groups is 2. The number of hydrogen-bond acceptors (Lipinski definition) is 5. The smallest absolute Gasteiger partial charge is 0.306 e. The van der Waals surface area contributed by atoms with Crippen LogP contribution in [0.5, 0.6) is 0 Å². The molecule has 1 spiro atoms. The Labute approximate surface area is 208 Å². The second-order valence-corrected chi connectivity index (χ2v) is 10.8. The van der Waals surface area contributed by atoms with E-state index in [9.17, 15) is 19.8 Å². The summed E-state index contributed by atoms with van der Waals surface area (Å²) < 4.78 is 6.14. The van der Waals surface area contributed by atoms with E-state index < -0.39 is 29.7 Å². The highest BCUT2D eigenvalue weighted by molar-refractivity contribution is 5.92. The van der Waals surface area contributed by atoms with Gasteiger partial charge in [0.05, 0.1) is 18.1 Å². The summed E-state index contributed by atoms with van der Waals surface area (Å²) in [6.07, 6.45) is 6.53. The number of esters is 1. The van der Waals surface area contributed by atoms with Crippen LogP contribution in [0.25, 0.3) is 0 Å². The lowest BCUT2D eigenvalue weighted by Crippen LogP contribution is -2.61. The number of benzene rings is 1. The molecule has 3 N–H and O–H groups in total. The molecule has 1 saturated heterocycles. The molecule has 0 bridgehead atoms. The summed E-state index contributed by atoms with van der Waals surface area (Å²) in [5, 5.41) is 24.8. The average molecular weight is 482 g/mol. The van der Waals surface area contributed by atoms with Crippen molar-refractivity contribution < 1.29 is 24.5 Å². The zero-order valence-electron chi connectivity index (χ0n) is 20.9. The summed E-state index contributed by atoms with van der Waals surface area (Å²) in [4.78, 5) is 26.9. The summed E-state index contributed by atoms with van der Waals surface area (Å²) in [6, 6.07) is 9.66. The number of aliphatic hydroxyl groups excluding tert-OH is 2. The second kappa shape index (κ2) is 10.7. The number of amides is 1. The van der Waals surface area contributed by atoms with Gasteiger partial charge in [-0.2, -0.15) is 0 Å². The van der Waals surface area contributed by atoms with Crippen molar-refractivity contribution in [3.05, 3.63) is 60.2 Å². The molecule has 1 saturated carbocycles. The van der Waals surface area contributed by atoms with E-state index in [1.807, 2.05) is 49.4 Å². The van der Waals surface area contributed by atoms with Gasteiger partial charge in [0.1, 0.15) is 0 Å². The lowest BCUT2D eigenvalue weighted by Gasteiger charge is -2.49. The minimum Gasteiger partial charge on any atom is -0.448 e. The van der Waals surface area contributed by atoms with Gasteiger partial charge in [-0.15, -0.1) is 0 Å². The molecule has 1 aliphatic carbocycles. The van der Waals surface area contributed by atoms with Crippen LogP contribution in [0.1, 0.15) is 57.9 Å². The lowest BCUT2D eigenvalue weighted by atomic mass is 9.59. The summed E-state index contributed by atoms with van der Waals surface area (Å²) in [5.41, 5.74) is 0.219. The largest absolute Gasteiger partial charge is 0.448 e. The highest BCUT2D eigenvalue weighted by atomic mass is 16.6. The van der Waals surface area contributed by atoms with Gasteiger partial charge >= 0.3 is 5.97 Å². The SMILES string of the molecule is C=C1C(C)C2[C@H](Cc3ccccc3)NC(=O)[C@]23OC(=O)CC[C@H](O)CCC[C@H](C)CC=C[C@H]3[C@@H]1O. The molecule has 0 aromatic heterocycles. The van der Waals surface area contributed by atoms with E-state index in [2.05, 4.69) is 18.8 Å². The van der Waals surface area contributed by atoms with E-state index in [1.165, 1.54) is 0 Å². The normalized spacial score (nSPS) is 38.6. The Hall–Kier alpha value is -2.44. The van der Waals surface area contributed by atoms with Crippen LogP contribution in [-0.2, 0) is 20.7 Å². The Morgan fingerprint density at radius 2 is 1.86 bits per heavy atom. The quantitative estimate of drug-likeness (QED) is 0.442. The molecule has 3 aliphatic rings. The molecule has 2 aliphatic heterocycles. The summed E-state index contributed by atoms with van der Waals surface area (Å²) in [6.45, 7) is 8.32. The summed E-state index contributed by atoms with van der Waals surface area (Å²) >= 11 is 0. The molecule has 6 heteroatoms. The Kier molecular flexibility index (Phi) is 7.82. The number of allylic oxidation sites excluding steroid dienone is 1. The van der Waals surface area contributed by atoms with Gasteiger partial charge < -0.3 is 20.3 Å². The van der Waals surface area contributed by atoms with Crippen molar-refractivity contribution in [1.82, 2.24) is 5.32 Å². The van der Waals surface area contributed by atoms with E-state index in [0.717, 1.165) is 24.8 Å². The third kappa shape index (κ3) is 5.10. The van der Waals surface area contributed by atoms with Crippen molar-refractivity contribution in [2.24, 2.45) is 23.7 Å². The first-order valence-electron chi connectivity index (χ1n) is 13.0. The fourth-order valence-electron chi connectivity index (χ4n) is 6.30. The zero-order valence-corrected chi connectivity index (χ0v) is 20.9. The van der Waals surface area contributed by atoms with Crippen molar-refractivity contribution in [1.29, 1.82) is 0 Å². The highest BCUT2D eigenvalue weighted by Crippen LogP contribution is 2.52. The number of ether oxygens (including phenoxy) is 1. The van der Waals surface area contributed by atoms with Crippen molar-refractivity contribution in [3.63, 3.8) is 0 Å². The van der Waals surface area contributed by atoms with Crippen LogP contribution in [0.4, 0.5) is 0 Å². The van der Waals surface area contributed by atoms with Crippen molar-refractivity contribution in [2.75, 3.05) is 0 Å². The Balaban J connectivity index is 1.75. The Bertz CT molecular complexity index is 959. The molecule has 1 aromatic rings. The molecule has 6 nitrogen and oxygen atoms in total. The van der Waals surface area contributed by atoms with Crippen LogP contribution in [0.3, 0.4) is 0 Å². The first-order chi connectivity index (χ1) is 16.7. The summed E-state index contributed by atoms with van der Waals surface area (Å²) in [5.74, 6) is -1.80. The minimum absolute atomic E-state index is 0.0314. The Morgan fingerprint density at radius 3 is 2.60 bits per heavy atom. The minimum atomic E-state index is -1.52. The molecule has 8 atom stereocenters. The number of carbonyl (C=O) groups excluding carboxylic acids is 2. The number of nitrogens with one attached hydrogen (secondary N) is 1. The third-order valence-corrected chi connectivity index (χ3v) is 8.32. The zero-order chi connectivity index (χ0) is 25.2. The predicted molar refractivity (Wildman–Crippen MR) is 134 cm³/mol. The van der Waals surface area contributed by atoms with Crippen LogP contribution in [0, 0.1) is 23.7 Å². The molecule has 190 valence electrons. The fraction of sp³-hybridized carbons (Fsp3) is 0.586. The van der Waals surface area contributed by atoms with E-state index in [0.29, 0.717) is 30.8 Å². The average Bonchev–Trinajstić information content (AvgIpc) is 3.09. The van der Waals surface area contributed by atoms with Gasteiger partial charge in [0.2, 0.25) is 5.60 Å². The van der Waals surface area contributed by atoms with Crippen molar-refractivity contribution in [3.8, 4) is 0 Å². The van der Waals surface area contributed by atoms with Gasteiger partial charge in [-0.3, -0.25) is 9.59 Å². The standard InChI is InChI=1S/C29H39NO5/c1-18-9-7-13-22(31)15-16-25(32)35-29-23(14-8-10-18)27(33)20(3)19(2)26(29)24(30-28(29)34)17-21-11-5-4-6-12-21/h4-6,8,11-12,14,18-19,22-24,26-27,31,33H,3,7,9-10,13,15-17H2,1-2H3,(H,30,34)/t18-,19?,22+,23-,24-,26?,27+,29+/m0/s1. The topological polar surface area (TPSA) is 95.9 Å². The van der Waals surface area contributed by atoms with Gasteiger partial charge in [0, 0.05) is 18.4 Å². The molecule has 35 heavy (non-hydrogen) atoms. The van der Waals surface area contributed by atoms with Gasteiger partial charge in [-0.25, -0.2) is 0 Å². The van der Waals surface area contributed by atoms with Gasteiger partial charge in [0.15, 0.2) is 0 Å². The number of rotatable bonds is 2. The van der Waals surface area contributed by atoms with Gasteiger partial charge in [0.25, 0.3) is 5.91 Å². The van der Waals surface area contributed by atoms with Crippen molar-refractivity contribution >= 4 is 11.9 Å².